The van der Waals surface area contributed by atoms with Gasteiger partial charge in [0.15, 0.2) is 0 Å². The number of ketones is 1. The summed E-state index contributed by atoms with van der Waals surface area (Å²) in [6, 6.07) is 25.8. The molecule has 1 N–H and O–H groups in total. The van der Waals surface area contributed by atoms with Crippen molar-refractivity contribution in [3.8, 4) is 34.4 Å². The molecule has 0 aliphatic carbocycles. The number of nitrogens with zero attached hydrogens (tertiary/aromatic N) is 6. The average molecular weight is 474 g/mol. The molecule has 5 rings (SSSR count). The van der Waals surface area contributed by atoms with E-state index in [2.05, 4.69) is 66.8 Å². The van der Waals surface area contributed by atoms with E-state index in [-0.39, 0.29) is 18.0 Å². The van der Waals surface area contributed by atoms with E-state index in [0.29, 0.717) is 24.6 Å². The number of aromatic amines is 1. The highest BCUT2D eigenvalue weighted by Gasteiger charge is 2.17. The molecule has 0 aliphatic rings. The monoisotopic (exact) mass is 473 g/mol. The molecule has 0 bridgehead atoms. The first-order valence-electron chi connectivity index (χ1n) is 11.5. The van der Waals surface area contributed by atoms with Crippen molar-refractivity contribution in [2.24, 2.45) is 0 Å². The van der Waals surface area contributed by atoms with Crippen molar-refractivity contribution < 1.29 is 4.79 Å². The fourth-order valence-corrected chi connectivity index (χ4v) is 3.95. The first-order valence-corrected chi connectivity index (χ1v) is 11.5. The van der Waals surface area contributed by atoms with Gasteiger partial charge in [0, 0.05) is 18.4 Å². The molecular weight excluding hydrogens is 450 g/mol. The molecule has 0 aliphatic heterocycles. The Kier molecular flexibility index (Phi) is 6.72. The second kappa shape index (κ2) is 10.6. The summed E-state index contributed by atoms with van der Waals surface area (Å²) in [5, 5.41) is 18.9. The quantitative estimate of drug-likeness (QED) is 0.268. The van der Waals surface area contributed by atoms with E-state index in [1.165, 1.54) is 0 Å². The maximum absolute atomic E-state index is 12.8. The van der Waals surface area contributed by atoms with E-state index < -0.39 is 0 Å². The van der Waals surface area contributed by atoms with Crippen molar-refractivity contribution in [2.75, 3.05) is 0 Å². The minimum absolute atomic E-state index is 0.112. The Morgan fingerprint density at radius 2 is 1.67 bits per heavy atom. The van der Waals surface area contributed by atoms with E-state index >= 15 is 0 Å². The van der Waals surface area contributed by atoms with Crippen LogP contribution < -0.4 is 0 Å². The molecule has 8 heteroatoms. The molecule has 0 spiro atoms. The van der Waals surface area contributed by atoms with Gasteiger partial charge in [0.05, 0.1) is 0 Å². The van der Waals surface area contributed by atoms with Gasteiger partial charge in [-0.25, -0.2) is 9.67 Å². The number of Topliss-reactive ketones (excluding diaryl/α,β-unsaturated/α-hetero) is 1. The number of benzene rings is 3. The van der Waals surface area contributed by atoms with Gasteiger partial charge >= 0.3 is 0 Å². The molecule has 3 aromatic carbocycles. The molecule has 0 amide bonds. The Labute approximate surface area is 208 Å². The molecule has 0 unspecified atom stereocenters. The van der Waals surface area contributed by atoms with Gasteiger partial charge in [-0.3, -0.25) is 4.79 Å². The first kappa shape index (κ1) is 22.9. The minimum atomic E-state index is -0.112. The summed E-state index contributed by atoms with van der Waals surface area (Å²) in [6.45, 7) is 2.16. The number of nitrogens with one attached hydrogen (secondary N) is 1. The Hall–Kier alpha value is -4.90. The van der Waals surface area contributed by atoms with Crippen LogP contribution in [0.4, 0.5) is 0 Å². The third-order valence-corrected chi connectivity index (χ3v) is 5.75. The molecule has 5 aromatic rings. The predicted molar refractivity (Wildman–Crippen MR) is 136 cm³/mol. The summed E-state index contributed by atoms with van der Waals surface area (Å²) < 4.78 is 1.72. The third-order valence-electron chi connectivity index (χ3n) is 5.75. The Balaban J connectivity index is 1.38. The zero-order chi connectivity index (χ0) is 24.7. The molecule has 176 valence electrons. The fourth-order valence-electron chi connectivity index (χ4n) is 3.95. The number of H-pyrrole nitrogens is 1. The van der Waals surface area contributed by atoms with Crippen LogP contribution in [-0.4, -0.2) is 41.2 Å². The second-order valence-electron chi connectivity index (χ2n) is 8.18. The van der Waals surface area contributed by atoms with E-state index in [1.807, 2.05) is 54.6 Å². The van der Waals surface area contributed by atoms with Gasteiger partial charge < -0.3 is 0 Å². The average Bonchev–Trinajstić information content (AvgIpc) is 3.59. The number of aromatic nitrogens is 7. The maximum atomic E-state index is 12.8. The van der Waals surface area contributed by atoms with E-state index in [0.717, 1.165) is 27.8 Å². The lowest BCUT2D eigenvalue weighted by atomic mass is 9.98. The smallest absolute Gasteiger partial charge is 0.217 e. The lowest BCUT2D eigenvalue weighted by Crippen LogP contribution is -2.07. The molecular formula is C28H23N7O. The van der Waals surface area contributed by atoms with Crippen molar-refractivity contribution in [3.05, 3.63) is 102 Å². The van der Waals surface area contributed by atoms with Crippen LogP contribution in [-0.2, 0) is 19.4 Å². The van der Waals surface area contributed by atoms with E-state index in [9.17, 15) is 4.79 Å². The van der Waals surface area contributed by atoms with Crippen molar-refractivity contribution in [2.45, 2.75) is 26.3 Å². The summed E-state index contributed by atoms with van der Waals surface area (Å²) in [7, 11) is 0. The zero-order valence-electron chi connectivity index (χ0n) is 19.7. The van der Waals surface area contributed by atoms with Gasteiger partial charge in [0.25, 0.3) is 0 Å². The van der Waals surface area contributed by atoms with Crippen molar-refractivity contribution in [3.63, 3.8) is 0 Å². The van der Waals surface area contributed by atoms with Crippen LogP contribution in [0.2, 0.25) is 0 Å². The molecule has 2 heterocycles. The highest BCUT2D eigenvalue weighted by atomic mass is 16.1. The second-order valence-corrected chi connectivity index (χ2v) is 8.18. The fraction of sp³-hybridized carbons (Fsp3) is 0.143. The molecule has 0 fully saturated rings. The Morgan fingerprint density at radius 1 is 0.917 bits per heavy atom. The molecule has 8 nitrogen and oxygen atoms in total. The standard InChI is InChI=1S/C28H23N7O/c1-2-3-17-35-26(29-28(32-35)25(36)18-20-9-5-4-6-10-20)19-21-13-15-22(16-14-21)23-11-7-8-12-24(23)27-30-33-34-31-27/h4-16H,17-19H2,1H3,(H,30,31,33,34). The van der Waals surface area contributed by atoms with Crippen LogP contribution in [0.3, 0.4) is 0 Å². The molecule has 0 saturated heterocycles. The lowest BCUT2D eigenvalue weighted by molar-refractivity contribution is 0.0983. The van der Waals surface area contributed by atoms with Gasteiger partial charge in [-0.15, -0.1) is 21.2 Å². The topological polar surface area (TPSA) is 102 Å². The zero-order valence-corrected chi connectivity index (χ0v) is 19.7. The highest BCUT2D eigenvalue weighted by molar-refractivity contribution is 5.94. The molecule has 0 atom stereocenters. The number of rotatable bonds is 8. The Morgan fingerprint density at radius 3 is 2.39 bits per heavy atom. The SMILES string of the molecule is CC#CCn1nc(C(=O)Cc2ccccc2)nc1Cc1ccc(-c2ccccc2-c2nn[nH]n2)cc1. The first-order chi connectivity index (χ1) is 17.7. The van der Waals surface area contributed by atoms with Gasteiger partial charge in [-0.1, -0.05) is 84.8 Å². The number of hydrogen-bond donors (Lipinski definition) is 1. The van der Waals surface area contributed by atoms with Gasteiger partial charge in [-0.2, -0.15) is 5.21 Å². The largest absolute Gasteiger partial charge is 0.290 e. The molecule has 0 saturated carbocycles. The van der Waals surface area contributed by atoms with Crippen LogP contribution in [0.15, 0.2) is 78.9 Å². The third kappa shape index (κ3) is 5.10. The van der Waals surface area contributed by atoms with Crippen molar-refractivity contribution in [1.82, 2.24) is 35.4 Å². The van der Waals surface area contributed by atoms with E-state index in [4.69, 9.17) is 0 Å². The van der Waals surface area contributed by atoms with Gasteiger partial charge in [0.1, 0.15) is 12.4 Å². The Bertz CT molecular complexity index is 1530. The number of carbonyl (C=O) groups excluding carboxylic acids is 1. The van der Waals surface area contributed by atoms with Gasteiger partial charge in [-0.05, 0) is 34.4 Å². The molecule has 0 radical (unpaired) electrons. The number of carbonyl (C=O) groups is 1. The maximum Gasteiger partial charge on any atom is 0.217 e. The molecule has 36 heavy (non-hydrogen) atoms. The summed E-state index contributed by atoms with van der Waals surface area (Å²) in [5.74, 6) is 7.27. The van der Waals surface area contributed by atoms with Gasteiger partial charge in [0.2, 0.25) is 17.4 Å². The van der Waals surface area contributed by atoms with Crippen LogP contribution in [0.5, 0.6) is 0 Å². The summed E-state index contributed by atoms with van der Waals surface area (Å²) in [6.07, 6.45) is 0.794. The summed E-state index contributed by atoms with van der Waals surface area (Å²) in [5.41, 5.74) is 4.94. The predicted octanol–water partition coefficient (Wildman–Crippen LogP) is 4.16. The highest BCUT2D eigenvalue weighted by Crippen LogP contribution is 2.30. The minimum Gasteiger partial charge on any atom is -0.290 e. The molecule has 2 aromatic heterocycles. The summed E-state index contributed by atoms with van der Waals surface area (Å²) in [4.78, 5) is 17.4. The van der Waals surface area contributed by atoms with Crippen LogP contribution >= 0.6 is 0 Å². The lowest BCUT2D eigenvalue weighted by Gasteiger charge is -2.08. The van der Waals surface area contributed by atoms with E-state index in [1.54, 1.807) is 11.6 Å². The number of tetrazole rings is 1. The van der Waals surface area contributed by atoms with Crippen LogP contribution in [0, 0.1) is 11.8 Å². The summed E-state index contributed by atoms with van der Waals surface area (Å²) >= 11 is 0. The normalized spacial score (nSPS) is 10.6. The van der Waals surface area contributed by atoms with Crippen molar-refractivity contribution >= 4 is 5.78 Å². The van der Waals surface area contributed by atoms with Crippen LogP contribution in [0.25, 0.3) is 22.5 Å². The van der Waals surface area contributed by atoms with Crippen LogP contribution in [0.1, 0.15) is 34.5 Å². The van der Waals surface area contributed by atoms with Crippen molar-refractivity contribution in [1.29, 1.82) is 0 Å². The number of hydrogen-bond acceptors (Lipinski definition) is 6.